The molecule has 1 unspecified atom stereocenters. The van der Waals surface area contributed by atoms with Gasteiger partial charge in [0.25, 0.3) is 0 Å². The van der Waals surface area contributed by atoms with Crippen molar-refractivity contribution in [2.45, 2.75) is 19.4 Å². The van der Waals surface area contributed by atoms with Crippen LogP contribution in [0.5, 0.6) is 0 Å². The lowest BCUT2D eigenvalue weighted by atomic mass is 10.3. The van der Waals surface area contributed by atoms with Crippen molar-refractivity contribution in [2.75, 3.05) is 20.3 Å². The van der Waals surface area contributed by atoms with Crippen molar-refractivity contribution in [3.05, 3.63) is 6.92 Å². The summed E-state index contributed by atoms with van der Waals surface area (Å²) in [6.07, 6.45) is 0.960. The van der Waals surface area contributed by atoms with Crippen molar-refractivity contribution >= 4 is 0 Å². The van der Waals surface area contributed by atoms with Crippen molar-refractivity contribution in [3.8, 4) is 0 Å². The first-order valence-corrected chi connectivity index (χ1v) is 3.24. The molecule has 0 rings (SSSR count). The maximum Gasteiger partial charge on any atom is 0.0808 e. The number of methoxy groups -OCH3 is 1. The van der Waals surface area contributed by atoms with E-state index in [9.17, 15) is 0 Å². The van der Waals surface area contributed by atoms with Crippen LogP contribution in [0, 0.1) is 6.92 Å². The van der Waals surface area contributed by atoms with E-state index in [1.807, 2.05) is 6.92 Å². The molecular formula is C7H15O2. The van der Waals surface area contributed by atoms with Gasteiger partial charge < -0.3 is 9.47 Å². The molecule has 0 aromatic carbocycles. The third-order valence-corrected chi connectivity index (χ3v) is 1.08. The average molecular weight is 131 g/mol. The molecule has 0 aromatic rings. The quantitative estimate of drug-likeness (QED) is 0.559. The maximum atomic E-state index is 5.24. The molecule has 0 aliphatic heterocycles. The largest absolute Gasteiger partial charge is 0.382 e. The Hall–Kier alpha value is -0.0800. The molecule has 0 fully saturated rings. The highest BCUT2D eigenvalue weighted by Crippen LogP contribution is 1.96. The third-order valence-electron chi connectivity index (χ3n) is 1.08. The predicted molar refractivity (Wildman–Crippen MR) is 37.3 cm³/mol. The molecule has 0 heterocycles. The highest BCUT2D eigenvalue weighted by atomic mass is 16.5. The van der Waals surface area contributed by atoms with Crippen LogP contribution in [0.1, 0.15) is 13.3 Å². The summed E-state index contributed by atoms with van der Waals surface area (Å²) in [6.45, 7) is 7.08. The fourth-order valence-electron chi connectivity index (χ4n) is 0.636. The van der Waals surface area contributed by atoms with E-state index in [0.29, 0.717) is 6.61 Å². The molecule has 0 bridgehead atoms. The van der Waals surface area contributed by atoms with Gasteiger partial charge in [0.15, 0.2) is 0 Å². The van der Waals surface area contributed by atoms with Crippen LogP contribution in [-0.4, -0.2) is 26.4 Å². The van der Waals surface area contributed by atoms with Crippen LogP contribution < -0.4 is 0 Å². The van der Waals surface area contributed by atoms with Gasteiger partial charge in [0.05, 0.1) is 12.7 Å². The summed E-state index contributed by atoms with van der Waals surface area (Å²) in [5.41, 5.74) is 0. The second-order valence-electron chi connectivity index (χ2n) is 1.82. The summed E-state index contributed by atoms with van der Waals surface area (Å²) < 4.78 is 10.1. The van der Waals surface area contributed by atoms with Gasteiger partial charge in [-0.25, -0.2) is 0 Å². The summed E-state index contributed by atoms with van der Waals surface area (Å²) in [6, 6.07) is 0. The van der Waals surface area contributed by atoms with E-state index in [-0.39, 0.29) is 6.10 Å². The fourth-order valence-corrected chi connectivity index (χ4v) is 0.636. The van der Waals surface area contributed by atoms with Crippen LogP contribution in [-0.2, 0) is 9.47 Å². The van der Waals surface area contributed by atoms with Gasteiger partial charge >= 0.3 is 0 Å². The lowest BCUT2D eigenvalue weighted by molar-refractivity contribution is 0.00587. The minimum atomic E-state index is 0.181. The zero-order valence-corrected chi connectivity index (χ0v) is 6.22. The molecule has 0 saturated carbocycles. The Kier molecular flexibility index (Phi) is 5.99. The fraction of sp³-hybridized carbons (Fsp3) is 0.857. The Morgan fingerprint density at radius 3 is 2.56 bits per heavy atom. The second kappa shape index (κ2) is 6.05. The van der Waals surface area contributed by atoms with Crippen LogP contribution in [0.15, 0.2) is 0 Å². The van der Waals surface area contributed by atoms with Crippen LogP contribution in [0.3, 0.4) is 0 Å². The Balaban J connectivity index is 3.18. The Morgan fingerprint density at radius 1 is 1.56 bits per heavy atom. The standard InChI is InChI=1S/C7H15O2/c1-4-7(6-8-3)9-5-2/h7H,1,4-6H2,2-3H3. The summed E-state index contributed by atoms with van der Waals surface area (Å²) in [7, 11) is 1.67. The average Bonchev–Trinajstić information content (AvgIpc) is 1.88. The molecule has 2 nitrogen and oxygen atoms in total. The van der Waals surface area contributed by atoms with Gasteiger partial charge in [-0.3, -0.25) is 0 Å². The van der Waals surface area contributed by atoms with E-state index < -0.39 is 0 Å². The zero-order chi connectivity index (χ0) is 7.11. The molecule has 55 valence electrons. The van der Waals surface area contributed by atoms with E-state index in [4.69, 9.17) is 9.47 Å². The summed E-state index contributed by atoms with van der Waals surface area (Å²) in [5.74, 6) is 0. The van der Waals surface area contributed by atoms with Gasteiger partial charge in [0, 0.05) is 13.7 Å². The third kappa shape index (κ3) is 4.43. The maximum absolute atomic E-state index is 5.24. The van der Waals surface area contributed by atoms with E-state index in [0.717, 1.165) is 13.0 Å². The van der Waals surface area contributed by atoms with E-state index in [2.05, 4.69) is 6.92 Å². The van der Waals surface area contributed by atoms with Crippen molar-refractivity contribution in [3.63, 3.8) is 0 Å². The summed E-state index contributed by atoms with van der Waals surface area (Å²) in [4.78, 5) is 0. The molecule has 1 radical (unpaired) electrons. The number of rotatable bonds is 5. The highest BCUT2D eigenvalue weighted by Gasteiger charge is 2.02. The molecular weight excluding hydrogens is 116 g/mol. The highest BCUT2D eigenvalue weighted by molar-refractivity contribution is 4.56. The molecule has 0 saturated heterocycles. The monoisotopic (exact) mass is 131 g/mol. The zero-order valence-electron chi connectivity index (χ0n) is 6.22. The van der Waals surface area contributed by atoms with E-state index in [1.54, 1.807) is 7.11 Å². The Bertz CT molecular complexity index is 48.9. The minimum Gasteiger partial charge on any atom is -0.382 e. The van der Waals surface area contributed by atoms with Gasteiger partial charge in [-0.2, -0.15) is 0 Å². The van der Waals surface area contributed by atoms with Crippen LogP contribution in [0.2, 0.25) is 0 Å². The van der Waals surface area contributed by atoms with Gasteiger partial charge in [-0.15, -0.1) is 0 Å². The van der Waals surface area contributed by atoms with Crippen LogP contribution in [0.25, 0.3) is 0 Å². The van der Waals surface area contributed by atoms with Crippen molar-refractivity contribution in [1.82, 2.24) is 0 Å². The SMILES string of the molecule is [CH2]CC(COC)OCC. The van der Waals surface area contributed by atoms with Crippen LogP contribution in [0.4, 0.5) is 0 Å². The first-order chi connectivity index (χ1) is 4.35. The molecule has 1 atom stereocenters. The second-order valence-corrected chi connectivity index (χ2v) is 1.82. The number of hydrogen-bond donors (Lipinski definition) is 0. The van der Waals surface area contributed by atoms with E-state index >= 15 is 0 Å². The van der Waals surface area contributed by atoms with Gasteiger partial charge in [0.1, 0.15) is 0 Å². The van der Waals surface area contributed by atoms with Crippen molar-refractivity contribution < 1.29 is 9.47 Å². The van der Waals surface area contributed by atoms with Crippen molar-refractivity contribution in [2.24, 2.45) is 0 Å². The van der Waals surface area contributed by atoms with Gasteiger partial charge in [-0.1, -0.05) is 6.92 Å². The first-order valence-electron chi connectivity index (χ1n) is 3.24. The van der Waals surface area contributed by atoms with Crippen LogP contribution >= 0.6 is 0 Å². The normalized spacial score (nSPS) is 13.7. The van der Waals surface area contributed by atoms with E-state index in [1.165, 1.54) is 0 Å². The minimum absolute atomic E-state index is 0.181. The molecule has 0 N–H and O–H groups in total. The molecule has 9 heavy (non-hydrogen) atoms. The molecule has 2 heteroatoms. The molecule has 0 aliphatic carbocycles. The molecule has 0 amide bonds. The molecule has 0 spiro atoms. The predicted octanol–water partition coefficient (Wildman–Crippen LogP) is 1.26. The first kappa shape index (κ1) is 8.92. The Morgan fingerprint density at radius 2 is 2.22 bits per heavy atom. The number of hydrogen-bond acceptors (Lipinski definition) is 2. The van der Waals surface area contributed by atoms with Gasteiger partial charge in [-0.05, 0) is 13.3 Å². The lowest BCUT2D eigenvalue weighted by Gasteiger charge is -2.12. The van der Waals surface area contributed by atoms with Gasteiger partial charge in [0.2, 0.25) is 0 Å². The topological polar surface area (TPSA) is 18.5 Å². The molecule has 0 aliphatic rings. The number of ether oxygens (including phenoxy) is 2. The smallest absolute Gasteiger partial charge is 0.0808 e. The summed E-state index contributed by atoms with van der Waals surface area (Å²) >= 11 is 0. The Labute approximate surface area is 57.2 Å². The summed E-state index contributed by atoms with van der Waals surface area (Å²) in [5, 5.41) is 0. The molecule has 0 aromatic heterocycles. The lowest BCUT2D eigenvalue weighted by Crippen LogP contribution is -2.17. The van der Waals surface area contributed by atoms with Crippen molar-refractivity contribution in [1.29, 1.82) is 0 Å².